The average molecular weight is 510 g/mol. The standard InChI is InChI=1S/C23H17F3N8O3/c1-33-21(30-31-32-33)34-18-7-3-2-6-17(18)28-22(34)36-13-15-5-4-8-19(27-15)29-20(35)23(25,26)37-16-11-9-14(24)10-12-16/h2-12H,13H2,1H3,(H,27,29,35). The summed E-state index contributed by atoms with van der Waals surface area (Å²) < 4.78 is 54.9. The van der Waals surface area contributed by atoms with Gasteiger partial charge in [-0.05, 0) is 59.0 Å². The Morgan fingerprint density at radius 2 is 1.81 bits per heavy atom. The maximum absolute atomic E-state index is 14.3. The van der Waals surface area contributed by atoms with Gasteiger partial charge in [-0.25, -0.2) is 18.6 Å². The Labute approximate surface area is 206 Å². The number of benzene rings is 2. The second kappa shape index (κ2) is 9.56. The van der Waals surface area contributed by atoms with Gasteiger partial charge in [-0.15, -0.1) is 0 Å². The fraction of sp³-hybridized carbons (Fsp3) is 0.130. The first-order chi connectivity index (χ1) is 17.8. The number of carbonyl (C=O) groups excluding carboxylic acids is 1. The Morgan fingerprint density at radius 3 is 2.57 bits per heavy atom. The molecule has 5 rings (SSSR count). The number of hydrogen-bond acceptors (Lipinski definition) is 8. The molecule has 1 amide bonds. The zero-order chi connectivity index (χ0) is 26.0. The van der Waals surface area contributed by atoms with Gasteiger partial charge in [-0.2, -0.15) is 13.8 Å². The van der Waals surface area contributed by atoms with Crippen molar-refractivity contribution >= 4 is 22.8 Å². The molecule has 0 radical (unpaired) electrons. The molecule has 0 aliphatic heterocycles. The normalized spacial score (nSPS) is 11.5. The van der Waals surface area contributed by atoms with E-state index in [0.29, 0.717) is 22.7 Å². The number of fused-ring (bicyclic) bond motifs is 1. The Morgan fingerprint density at radius 1 is 1.03 bits per heavy atom. The van der Waals surface area contributed by atoms with Gasteiger partial charge in [0.05, 0.1) is 16.7 Å². The van der Waals surface area contributed by atoms with E-state index < -0.39 is 17.8 Å². The summed E-state index contributed by atoms with van der Waals surface area (Å²) in [6.45, 7) is -0.110. The zero-order valence-corrected chi connectivity index (χ0v) is 19.0. The van der Waals surface area contributed by atoms with Crippen molar-refractivity contribution < 1.29 is 27.4 Å². The summed E-state index contributed by atoms with van der Waals surface area (Å²) in [5, 5.41) is 13.5. The molecule has 5 aromatic rings. The summed E-state index contributed by atoms with van der Waals surface area (Å²) in [5.41, 5.74) is 1.65. The fourth-order valence-corrected chi connectivity index (χ4v) is 3.36. The number of aryl methyl sites for hydroxylation is 1. The highest BCUT2D eigenvalue weighted by Gasteiger charge is 2.42. The van der Waals surface area contributed by atoms with Crippen LogP contribution in [0.5, 0.6) is 11.8 Å². The molecule has 0 saturated carbocycles. The number of alkyl halides is 2. The van der Waals surface area contributed by atoms with Crippen LogP contribution in [0.1, 0.15) is 5.69 Å². The number of hydrogen-bond donors (Lipinski definition) is 1. The summed E-state index contributed by atoms with van der Waals surface area (Å²) >= 11 is 0. The van der Waals surface area contributed by atoms with Crippen LogP contribution < -0.4 is 14.8 Å². The summed E-state index contributed by atoms with van der Waals surface area (Å²) in [5.74, 6) is -2.55. The third-order valence-corrected chi connectivity index (χ3v) is 5.05. The largest absolute Gasteiger partial charge is 0.482 e. The van der Waals surface area contributed by atoms with Gasteiger partial charge in [0.25, 0.3) is 5.95 Å². The summed E-state index contributed by atoms with van der Waals surface area (Å²) in [4.78, 5) is 20.8. The number of aromatic nitrogens is 7. The number of halogens is 3. The van der Waals surface area contributed by atoms with Crippen LogP contribution in [-0.4, -0.2) is 46.8 Å². The van der Waals surface area contributed by atoms with Crippen molar-refractivity contribution in [3.63, 3.8) is 0 Å². The van der Waals surface area contributed by atoms with E-state index in [1.165, 1.54) is 16.8 Å². The lowest BCUT2D eigenvalue weighted by atomic mass is 10.3. The lowest BCUT2D eigenvalue weighted by molar-refractivity contribution is -0.187. The second-order valence-corrected chi connectivity index (χ2v) is 7.65. The number of rotatable bonds is 8. The lowest BCUT2D eigenvalue weighted by Gasteiger charge is -2.17. The van der Waals surface area contributed by atoms with Gasteiger partial charge >= 0.3 is 18.0 Å². The quantitative estimate of drug-likeness (QED) is 0.338. The number of nitrogens with zero attached hydrogens (tertiary/aromatic N) is 7. The molecule has 1 N–H and O–H groups in total. The van der Waals surface area contributed by atoms with Crippen molar-refractivity contribution in [2.24, 2.45) is 7.05 Å². The maximum Gasteiger partial charge on any atom is 0.482 e. The minimum atomic E-state index is -4.24. The number of carbonyl (C=O) groups is 1. The van der Waals surface area contributed by atoms with E-state index >= 15 is 0 Å². The molecule has 0 aliphatic carbocycles. The van der Waals surface area contributed by atoms with Crippen molar-refractivity contribution in [1.29, 1.82) is 0 Å². The molecule has 11 nitrogen and oxygen atoms in total. The van der Waals surface area contributed by atoms with Gasteiger partial charge in [-0.1, -0.05) is 23.3 Å². The number of pyridine rings is 1. The van der Waals surface area contributed by atoms with Crippen LogP contribution in [0.4, 0.5) is 19.0 Å². The molecule has 0 saturated heterocycles. The van der Waals surface area contributed by atoms with Gasteiger partial charge in [0.2, 0.25) is 0 Å². The Hall–Kier alpha value is -5.01. The summed E-state index contributed by atoms with van der Waals surface area (Å²) in [7, 11) is 1.66. The predicted octanol–water partition coefficient (Wildman–Crippen LogP) is 3.27. The predicted molar refractivity (Wildman–Crippen MR) is 123 cm³/mol. The number of imidazole rings is 1. The Balaban J connectivity index is 1.31. The van der Waals surface area contributed by atoms with E-state index in [1.54, 1.807) is 23.7 Å². The first kappa shape index (κ1) is 23.7. The Kier molecular flexibility index (Phi) is 6.13. The average Bonchev–Trinajstić information content (AvgIpc) is 3.46. The van der Waals surface area contributed by atoms with Crippen LogP contribution in [-0.2, 0) is 18.4 Å². The molecule has 2 aromatic carbocycles. The third-order valence-electron chi connectivity index (χ3n) is 5.05. The second-order valence-electron chi connectivity index (χ2n) is 7.65. The molecule has 0 unspecified atom stereocenters. The first-order valence-corrected chi connectivity index (χ1v) is 10.7. The SMILES string of the molecule is Cn1nnnc1-n1c(OCc2cccc(NC(=O)C(F)(F)Oc3ccc(F)cc3)n2)nc2ccccc21. The zero-order valence-electron chi connectivity index (χ0n) is 19.0. The highest BCUT2D eigenvalue weighted by molar-refractivity contribution is 5.94. The van der Waals surface area contributed by atoms with Crippen molar-refractivity contribution in [1.82, 2.24) is 34.7 Å². The molecule has 0 aliphatic rings. The smallest absolute Gasteiger partial charge is 0.458 e. The van der Waals surface area contributed by atoms with Crippen LogP contribution >= 0.6 is 0 Å². The van der Waals surface area contributed by atoms with E-state index in [2.05, 4.69) is 30.2 Å². The molecular weight excluding hydrogens is 493 g/mol. The van der Waals surface area contributed by atoms with Crippen molar-refractivity contribution in [3.05, 3.63) is 78.2 Å². The van der Waals surface area contributed by atoms with E-state index in [4.69, 9.17) is 4.74 Å². The summed E-state index contributed by atoms with van der Waals surface area (Å²) in [6, 6.07) is 15.7. The number of nitrogens with one attached hydrogen (secondary N) is 1. The number of ether oxygens (including phenoxy) is 2. The van der Waals surface area contributed by atoms with Crippen LogP contribution in [0.25, 0.3) is 17.0 Å². The highest BCUT2D eigenvalue weighted by Crippen LogP contribution is 2.26. The number of anilines is 1. The van der Waals surface area contributed by atoms with Crippen molar-refractivity contribution in [2.45, 2.75) is 12.7 Å². The van der Waals surface area contributed by atoms with Gasteiger partial charge in [0, 0.05) is 7.05 Å². The van der Waals surface area contributed by atoms with Crippen molar-refractivity contribution in [3.8, 4) is 17.7 Å². The van der Waals surface area contributed by atoms with Crippen molar-refractivity contribution in [2.75, 3.05) is 5.32 Å². The molecule has 37 heavy (non-hydrogen) atoms. The van der Waals surface area contributed by atoms with Gasteiger partial charge < -0.3 is 14.8 Å². The molecule has 3 aromatic heterocycles. The third kappa shape index (κ3) is 5.03. The lowest BCUT2D eigenvalue weighted by Crippen LogP contribution is -2.40. The van der Waals surface area contributed by atoms with E-state index in [1.807, 2.05) is 23.5 Å². The molecule has 14 heteroatoms. The van der Waals surface area contributed by atoms with Gasteiger partial charge in [-0.3, -0.25) is 4.79 Å². The van der Waals surface area contributed by atoms with Gasteiger partial charge in [0.1, 0.15) is 24.0 Å². The van der Waals surface area contributed by atoms with Crippen LogP contribution in [0.3, 0.4) is 0 Å². The minimum Gasteiger partial charge on any atom is -0.458 e. The number of tetrazole rings is 1. The molecule has 0 spiro atoms. The molecule has 188 valence electrons. The molecular formula is C23H17F3N8O3. The molecule has 0 fully saturated rings. The maximum atomic E-state index is 14.3. The van der Waals surface area contributed by atoms with E-state index in [0.717, 1.165) is 24.3 Å². The monoisotopic (exact) mass is 510 g/mol. The van der Waals surface area contributed by atoms with E-state index in [9.17, 15) is 18.0 Å². The topological polar surface area (TPSA) is 122 Å². The van der Waals surface area contributed by atoms with Crippen LogP contribution in [0.15, 0.2) is 66.7 Å². The highest BCUT2D eigenvalue weighted by atomic mass is 19.3. The fourth-order valence-electron chi connectivity index (χ4n) is 3.36. The minimum absolute atomic E-state index is 0.110. The van der Waals surface area contributed by atoms with E-state index in [-0.39, 0.29) is 24.2 Å². The molecule has 0 bridgehead atoms. The Bertz CT molecular complexity index is 1570. The first-order valence-electron chi connectivity index (χ1n) is 10.7. The molecule has 0 atom stereocenters. The number of amides is 1. The molecule has 3 heterocycles. The van der Waals surface area contributed by atoms with Crippen LogP contribution in [0, 0.1) is 5.82 Å². The van der Waals surface area contributed by atoms with Crippen LogP contribution in [0.2, 0.25) is 0 Å². The summed E-state index contributed by atoms with van der Waals surface area (Å²) in [6.07, 6.45) is -4.24. The number of para-hydroxylation sites is 2. The van der Waals surface area contributed by atoms with Gasteiger partial charge in [0.15, 0.2) is 0 Å².